The molecule has 0 saturated heterocycles. The highest BCUT2D eigenvalue weighted by Crippen LogP contribution is 2.11. The molecule has 0 aliphatic carbocycles. The van der Waals surface area contributed by atoms with Crippen molar-refractivity contribution >= 4 is 17.1 Å². The minimum Gasteiger partial charge on any atom is -0.378 e. The summed E-state index contributed by atoms with van der Waals surface area (Å²) in [7, 11) is 1.60. The molecule has 1 aromatic rings. The van der Waals surface area contributed by atoms with Crippen molar-refractivity contribution in [3.63, 3.8) is 0 Å². The Kier molecular flexibility index (Phi) is 4.01. The maximum absolute atomic E-state index is 11.3. The van der Waals surface area contributed by atoms with E-state index in [1.165, 1.54) is 11.3 Å². The molecule has 0 aromatic carbocycles. The van der Waals surface area contributed by atoms with Gasteiger partial charge in [0.05, 0.1) is 6.61 Å². The summed E-state index contributed by atoms with van der Waals surface area (Å²) in [6.45, 7) is 0.830. The number of ether oxygens (including phenoxy) is 1. The van der Waals surface area contributed by atoms with E-state index in [1.54, 1.807) is 12.5 Å². The van der Waals surface area contributed by atoms with Crippen molar-refractivity contribution in [2.24, 2.45) is 5.73 Å². The second-order valence-electron chi connectivity index (χ2n) is 2.52. The van der Waals surface area contributed by atoms with Gasteiger partial charge in [-0.15, -0.1) is 11.3 Å². The molecule has 0 atom stereocenters. The summed E-state index contributed by atoms with van der Waals surface area (Å²) in [6.07, 6.45) is 0.357. The molecule has 0 fully saturated rings. The molecule has 0 spiro atoms. The van der Waals surface area contributed by atoms with E-state index in [1.807, 2.05) is 0 Å². The van der Waals surface area contributed by atoms with Gasteiger partial charge in [-0.2, -0.15) is 0 Å². The number of carbonyl (C=O) groups excluding carboxylic acids is 1. The fourth-order valence-electron chi connectivity index (χ4n) is 0.888. The van der Waals surface area contributed by atoms with Crippen molar-refractivity contribution in [3.8, 4) is 0 Å². The van der Waals surface area contributed by atoms with Crippen molar-refractivity contribution in [2.45, 2.75) is 13.0 Å². The third kappa shape index (κ3) is 2.87. The number of hydrogen-bond acceptors (Lipinski definition) is 5. The number of thiazole rings is 1. The van der Waals surface area contributed by atoms with Crippen molar-refractivity contribution in [2.75, 3.05) is 13.7 Å². The van der Waals surface area contributed by atoms with Crippen LogP contribution in [0.25, 0.3) is 0 Å². The van der Waals surface area contributed by atoms with Crippen molar-refractivity contribution in [1.82, 2.24) is 4.98 Å². The van der Waals surface area contributed by atoms with E-state index in [9.17, 15) is 4.79 Å². The summed E-state index contributed by atoms with van der Waals surface area (Å²) in [5, 5.41) is 2.56. The molecule has 0 unspecified atom stereocenters. The van der Waals surface area contributed by atoms with Crippen LogP contribution < -0.4 is 5.73 Å². The van der Waals surface area contributed by atoms with Crippen molar-refractivity contribution < 1.29 is 9.53 Å². The number of methoxy groups -OCH3 is 1. The van der Waals surface area contributed by atoms with Crippen LogP contribution in [-0.2, 0) is 11.3 Å². The average Bonchev–Trinajstić information content (AvgIpc) is 2.54. The number of nitrogens with two attached hydrogens (primary N) is 1. The first kappa shape index (κ1) is 10.3. The average molecular weight is 200 g/mol. The van der Waals surface area contributed by atoms with E-state index < -0.39 is 0 Å². The molecule has 0 amide bonds. The Morgan fingerprint density at radius 2 is 2.54 bits per heavy atom. The van der Waals surface area contributed by atoms with Gasteiger partial charge in [0.15, 0.2) is 5.78 Å². The Balaban J connectivity index is 2.62. The summed E-state index contributed by atoms with van der Waals surface area (Å²) in [4.78, 5) is 15.4. The molecule has 0 aliphatic heterocycles. The van der Waals surface area contributed by atoms with Crippen molar-refractivity contribution in [3.05, 3.63) is 16.1 Å². The monoisotopic (exact) mass is 200 g/mol. The molecular weight excluding hydrogens is 188 g/mol. The Morgan fingerprint density at radius 1 is 1.77 bits per heavy atom. The lowest BCUT2D eigenvalue weighted by atomic mass is 10.2. The van der Waals surface area contributed by atoms with Crippen LogP contribution in [0.3, 0.4) is 0 Å². The quantitative estimate of drug-likeness (QED) is 0.715. The second-order valence-corrected chi connectivity index (χ2v) is 3.46. The van der Waals surface area contributed by atoms with Gasteiger partial charge in [-0.05, 0) is 6.54 Å². The number of Topliss-reactive ketones (excluding diaryl/α,β-unsaturated/α-hetero) is 1. The van der Waals surface area contributed by atoms with Crippen LogP contribution in [-0.4, -0.2) is 24.4 Å². The first-order chi connectivity index (χ1) is 6.27. The maximum atomic E-state index is 11.3. The third-order valence-corrected chi connectivity index (χ3v) is 2.30. The molecule has 72 valence electrons. The summed E-state index contributed by atoms with van der Waals surface area (Å²) in [5.41, 5.74) is 5.76. The van der Waals surface area contributed by atoms with Gasteiger partial charge in [-0.25, -0.2) is 4.98 Å². The first-order valence-corrected chi connectivity index (χ1v) is 4.82. The predicted octanol–water partition coefficient (Wildman–Crippen LogP) is 0.821. The normalized spacial score (nSPS) is 10.3. The van der Waals surface area contributed by atoms with Crippen molar-refractivity contribution in [1.29, 1.82) is 0 Å². The topological polar surface area (TPSA) is 65.2 Å². The fraction of sp³-hybridized carbons (Fsp3) is 0.500. The lowest BCUT2D eigenvalue weighted by Gasteiger charge is -1.92. The molecule has 5 heteroatoms. The smallest absolute Gasteiger partial charge is 0.183 e. The summed E-state index contributed by atoms with van der Waals surface area (Å²) >= 11 is 1.43. The lowest BCUT2D eigenvalue weighted by molar-refractivity contribution is 0.0980. The van der Waals surface area contributed by atoms with E-state index in [4.69, 9.17) is 10.5 Å². The Labute approximate surface area is 80.7 Å². The van der Waals surface area contributed by atoms with Crippen LogP contribution in [0.2, 0.25) is 0 Å². The fourth-order valence-corrected chi connectivity index (χ4v) is 1.66. The Morgan fingerprint density at radius 3 is 3.15 bits per heavy atom. The zero-order valence-electron chi connectivity index (χ0n) is 7.45. The van der Waals surface area contributed by atoms with Gasteiger partial charge in [0.2, 0.25) is 0 Å². The van der Waals surface area contributed by atoms with Crippen LogP contribution in [0.5, 0.6) is 0 Å². The van der Waals surface area contributed by atoms with E-state index in [0.717, 1.165) is 5.01 Å². The van der Waals surface area contributed by atoms with Gasteiger partial charge < -0.3 is 10.5 Å². The molecule has 1 aromatic heterocycles. The van der Waals surface area contributed by atoms with Crippen LogP contribution in [0.4, 0.5) is 0 Å². The second kappa shape index (κ2) is 5.06. The third-order valence-electron chi connectivity index (χ3n) is 1.48. The number of carbonyl (C=O) groups is 1. The molecule has 2 N–H and O–H groups in total. The molecular formula is C8H12N2O2S. The summed E-state index contributed by atoms with van der Waals surface area (Å²) in [5.74, 6) is 0.00102. The van der Waals surface area contributed by atoms with Gasteiger partial charge in [-0.1, -0.05) is 0 Å². The standard InChI is InChI=1S/C8H12N2O2S/c1-12-4-8-10-6(5-13-8)7(11)2-3-9/h5H,2-4,9H2,1H3. The van der Waals surface area contributed by atoms with E-state index >= 15 is 0 Å². The first-order valence-electron chi connectivity index (χ1n) is 3.94. The number of rotatable bonds is 5. The predicted molar refractivity (Wildman–Crippen MR) is 50.8 cm³/mol. The van der Waals surface area contributed by atoms with Crippen LogP contribution in [0, 0.1) is 0 Å². The SMILES string of the molecule is COCc1nc(C(=O)CCN)cs1. The number of nitrogens with zero attached hydrogens (tertiary/aromatic N) is 1. The van der Waals surface area contributed by atoms with E-state index in [-0.39, 0.29) is 5.78 Å². The molecule has 0 aliphatic rings. The number of aromatic nitrogens is 1. The largest absolute Gasteiger partial charge is 0.378 e. The molecule has 1 heterocycles. The Bertz CT molecular complexity index is 285. The van der Waals surface area contributed by atoms with E-state index in [2.05, 4.69) is 4.98 Å². The zero-order chi connectivity index (χ0) is 9.68. The number of hydrogen-bond donors (Lipinski definition) is 1. The summed E-state index contributed by atoms with van der Waals surface area (Å²) < 4.78 is 4.89. The van der Waals surface area contributed by atoms with Gasteiger partial charge in [0.1, 0.15) is 10.7 Å². The highest BCUT2D eigenvalue weighted by atomic mass is 32.1. The highest BCUT2D eigenvalue weighted by molar-refractivity contribution is 7.09. The molecule has 4 nitrogen and oxygen atoms in total. The minimum atomic E-state index is 0.00102. The Hall–Kier alpha value is -0.780. The lowest BCUT2D eigenvalue weighted by Crippen LogP contribution is -2.08. The maximum Gasteiger partial charge on any atom is 0.183 e. The van der Waals surface area contributed by atoms with Gasteiger partial charge >= 0.3 is 0 Å². The number of ketones is 1. The molecule has 0 radical (unpaired) electrons. The molecule has 13 heavy (non-hydrogen) atoms. The van der Waals surface area contributed by atoms with Gasteiger partial charge in [0, 0.05) is 18.9 Å². The summed E-state index contributed by atoms with van der Waals surface area (Å²) in [6, 6.07) is 0. The highest BCUT2D eigenvalue weighted by Gasteiger charge is 2.09. The molecule has 1 rings (SSSR count). The zero-order valence-corrected chi connectivity index (χ0v) is 8.26. The van der Waals surface area contributed by atoms with Gasteiger partial charge in [0.25, 0.3) is 0 Å². The van der Waals surface area contributed by atoms with Crippen LogP contribution in [0.1, 0.15) is 21.9 Å². The molecule has 0 saturated carbocycles. The van der Waals surface area contributed by atoms with Crippen LogP contribution >= 0.6 is 11.3 Å². The van der Waals surface area contributed by atoms with Crippen LogP contribution in [0.15, 0.2) is 5.38 Å². The van der Waals surface area contributed by atoms with E-state index in [0.29, 0.717) is 25.3 Å². The van der Waals surface area contributed by atoms with Gasteiger partial charge in [-0.3, -0.25) is 4.79 Å². The molecule has 0 bridgehead atoms. The minimum absolute atomic E-state index is 0.00102.